The van der Waals surface area contributed by atoms with E-state index in [1.807, 2.05) is 68.7 Å². The molecule has 3 aromatic rings. The Morgan fingerprint density at radius 3 is 2.69 bits per heavy atom. The zero-order valence-corrected chi connectivity index (χ0v) is 15.7. The van der Waals surface area contributed by atoms with Gasteiger partial charge >= 0.3 is 0 Å². The number of halogens is 1. The van der Waals surface area contributed by atoms with Crippen molar-refractivity contribution in [2.45, 2.75) is 12.5 Å². The van der Waals surface area contributed by atoms with Crippen LogP contribution in [0.4, 0.5) is 0 Å². The fourth-order valence-corrected chi connectivity index (χ4v) is 3.27. The molecular formula is C21H22ClN3O. The van der Waals surface area contributed by atoms with E-state index in [0.717, 1.165) is 22.0 Å². The molecule has 1 atom stereocenters. The number of nitrogens with one attached hydrogen (secondary N) is 1. The van der Waals surface area contributed by atoms with Gasteiger partial charge in [0.05, 0.1) is 18.0 Å². The van der Waals surface area contributed by atoms with E-state index in [0.29, 0.717) is 18.0 Å². The molecule has 0 aliphatic rings. The molecule has 4 nitrogen and oxygen atoms in total. The topological polar surface area (TPSA) is 45.2 Å². The Bertz CT molecular complexity index is 905. The van der Waals surface area contributed by atoms with Crippen LogP contribution in [0.1, 0.15) is 17.2 Å². The first kappa shape index (κ1) is 18.4. The van der Waals surface area contributed by atoms with Gasteiger partial charge in [-0.1, -0.05) is 48.0 Å². The van der Waals surface area contributed by atoms with Gasteiger partial charge in [-0.15, -0.1) is 0 Å². The third-order valence-corrected chi connectivity index (χ3v) is 4.65. The zero-order chi connectivity index (χ0) is 18.5. The van der Waals surface area contributed by atoms with E-state index in [1.165, 1.54) is 0 Å². The number of carbonyl (C=O) groups excluding carboxylic acids is 1. The van der Waals surface area contributed by atoms with E-state index in [4.69, 9.17) is 11.6 Å². The molecule has 0 saturated carbocycles. The Kier molecular flexibility index (Phi) is 5.86. The number of para-hydroxylation sites is 1. The van der Waals surface area contributed by atoms with Crippen LogP contribution in [0.25, 0.3) is 10.9 Å². The highest BCUT2D eigenvalue weighted by Crippen LogP contribution is 2.21. The lowest BCUT2D eigenvalue weighted by Crippen LogP contribution is -2.35. The minimum absolute atomic E-state index is 0.0166. The fraction of sp³-hybridized carbons (Fsp3) is 0.238. The molecule has 1 unspecified atom stereocenters. The van der Waals surface area contributed by atoms with Gasteiger partial charge in [-0.25, -0.2) is 0 Å². The van der Waals surface area contributed by atoms with E-state index in [-0.39, 0.29) is 11.9 Å². The van der Waals surface area contributed by atoms with Crippen LogP contribution >= 0.6 is 11.6 Å². The second-order valence-corrected chi connectivity index (χ2v) is 6.94. The normalized spacial score (nSPS) is 12.3. The van der Waals surface area contributed by atoms with Crippen LogP contribution in [0.5, 0.6) is 0 Å². The molecule has 0 spiro atoms. The van der Waals surface area contributed by atoms with E-state index in [2.05, 4.69) is 15.2 Å². The first-order valence-corrected chi connectivity index (χ1v) is 8.93. The van der Waals surface area contributed by atoms with Crippen molar-refractivity contribution in [2.75, 3.05) is 20.6 Å². The molecule has 0 saturated heterocycles. The number of aromatic nitrogens is 1. The molecule has 1 heterocycles. The number of likely N-dealkylation sites (N-methyl/N-ethyl adjacent to an activating group) is 1. The molecule has 0 bridgehead atoms. The standard InChI is InChI=1S/C21H22ClN3O/c1-25(2)19(16-7-4-10-18(22)12-16)14-24-20(26)13-17-8-3-6-15-9-5-11-23-21(15)17/h3-12,19H,13-14H2,1-2H3,(H,24,26). The number of amides is 1. The summed E-state index contributed by atoms with van der Waals surface area (Å²) < 4.78 is 0. The van der Waals surface area contributed by atoms with Crippen LogP contribution in [0.3, 0.4) is 0 Å². The zero-order valence-electron chi connectivity index (χ0n) is 14.9. The maximum Gasteiger partial charge on any atom is 0.224 e. The number of hydrogen-bond acceptors (Lipinski definition) is 3. The van der Waals surface area contributed by atoms with E-state index in [1.54, 1.807) is 6.20 Å². The van der Waals surface area contributed by atoms with Gasteiger partial charge in [0.15, 0.2) is 0 Å². The molecule has 0 radical (unpaired) electrons. The van der Waals surface area contributed by atoms with E-state index < -0.39 is 0 Å². The van der Waals surface area contributed by atoms with Gasteiger partial charge in [0.1, 0.15) is 0 Å². The minimum Gasteiger partial charge on any atom is -0.354 e. The number of nitrogens with zero attached hydrogens (tertiary/aromatic N) is 2. The summed E-state index contributed by atoms with van der Waals surface area (Å²) in [4.78, 5) is 19.0. The number of pyridine rings is 1. The largest absolute Gasteiger partial charge is 0.354 e. The second kappa shape index (κ2) is 8.30. The molecule has 134 valence electrons. The smallest absolute Gasteiger partial charge is 0.224 e. The Balaban J connectivity index is 1.69. The van der Waals surface area contributed by atoms with Crippen LogP contribution in [-0.4, -0.2) is 36.4 Å². The Morgan fingerprint density at radius 2 is 1.92 bits per heavy atom. The molecule has 0 aliphatic heterocycles. The number of rotatable bonds is 6. The van der Waals surface area contributed by atoms with Gasteiger partial charge in [-0.05, 0) is 43.4 Å². The summed E-state index contributed by atoms with van der Waals surface area (Å²) in [5.74, 6) is -0.0166. The Labute approximate surface area is 158 Å². The predicted molar refractivity (Wildman–Crippen MR) is 106 cm³/mol. The van der Waals surface area contributed by atoms with Gasteiger partial charge in [0.25, 0.3) is 0 Å². The Hall–Kier alpha value is -2.43. The van der Waals surface area contributed by atoms with Crippen molar-refractivity contribution in [3.05, 3.63) is 76.9 Å². The maximum absolute atomic E-state index is 12.5. The van der Waals surface area contributed by atoms with Gasteiger partial charge in [-0.2, -0.15) is 0 Å². The monoisotopic (exact) mass is 367 g/mol. The van der Waals surface area contributed by atoms with Crippen molar-refractivity contribution in [1.82, 2.24) is 15.2 Å². The highest BCUT2D eigenvalue weighted by molar-refractivity contribution is 6.30. The number of carbonyl (C=O) groups is 1. The number of hydrogen-bond donors (Lipinski definition) is 1. The summed E-state index contributed by atoms with van der Waals surface area (Å²) in [6.07, 6.45) is 2.06. The SMILES string of the molecule is CN(C)C(CNC(=O)Cc1cccc2cccnc12)c1cccc(Cl)c1. The molecule has 0 aliphatic carbocycles. The van der Waals surface area contributed by atoms with Crippen LogP contribution in [-0.2, 0) is 11.2 Å². The van der Waals surface area contributed by atoms with Crippen molar-refractivity contribution in [2.24, 2.45) is 0 Å². The fourth-order valence-electron chi connectivity index (χ4n) is 3.07. The summed E-state index contributed by atoms with van der Waals surface area (Å²) in [5.41, 5.74) is 2.89. The van der Waals surface area contributed by atoms with Gasteiger partial charge in [0.2, 0.25) is 5.91 Å². The molecule has 0 fully saturated rings. The highest BCUT2D eigenvalue weighted by Gasteiger charge is 2.16. The summed E-state index contributed by atoms with van der Waals surface area (Å²) in [6, 6.07) is 17.6. The lowest BCUT2D eigenvalue weighted by Gasteiger charge is -2.25. The van der Waals surface area contributed by atoms with Crippen LogP contribution in [0.2, 0.25) is 5.02 Å². The quantitative estimate of drug-likeness (QED) is 0.719. The Morgan fingerprint density at radius 1 is 1.15 bits per heavy atom. The molecule has 1 aromatic heterocycles. The van der Waals surface area contributed by atoms with E-state index in [9.17, 15) is 4.79 Å². The number of benzene rings is 2. The third-order valence-electron chi connectivity index (χ3n) is 4.42. The average molecular weight is 368 g/mol. The molecular weight excluding hydrogens is 346 g/mol. The predicted octanol–water partition coefficient (Wildman–Crippen LogP) is 3.85. The molecule has 1 amide bonds. The van der Waals surface area contributed by atoms with Crippen LogP contribution < -0.4 is 5.32 Å². The highest BCUT2D eigenvalue weighted by atomic mass is 35.5. The van der Waals surface area contributed by atoms with Crippen molar-refractivity contribution < 1.29 is 4.79 Å². The van der Waals surface area contributed by atoms with Crippen molar-refractivity contribution in [1.29, 1.82) is 0 Å². The first-order valence-electron chi connectivity index (χ1n) is 8.56. The lowest BCUT2D eigenvalue weighted by atomic mass is 10.0. The van der Waals surface area contributed by atoms with Crippen LogP contribution in [0.15, 0.2) is 60.8 Å². The summed E-state index contributed by atoms with van der Waals surface area (Å²) in [6.45, 7) is 0.518. The van der Waals surface area contributed by atoms with Gasteiger partial charge in [-0.3, -0.25) is 9.78 Å². The summed E-state index contributed by atoms with van der Waals surface area (Å²) >= 11 is 6.11. The molecule has 26 heavy (non-hydrogen) atoms. The van der Waals surface area contributed by atoms with Gasteiger partial charge in [0, 0.05) is 23.2 Å². The number of fused-ring (bicyclic) bond motifs is 1. The minimum atomic E-state index is -0.0166. The first-order chi connectivity index (χ1) is 12.5. The van der Waals surface area contributed by atoms with Gasteiger partial charge < -0.3 is 10.2 Å². The third kappa shape index (κ3) is 4.40. The van der Waals surface area contributed by atoms with Crippen molar-refractivity contribution >= 4 is 28.4 Å². The summed E-state index contributed by atoms with van der Waals surface area (Å²) in [5, 5.41) is 4.78. The lowest BCUT2D eigenvalue weighted by molar-refractivity contribution is -0.120. The maximum atomic E-state index is 12.5. The molecule has 1 N–H and O–H groups in total. The second-order valence-electron chi connectivity index (χ2n) is 6.51. The average Bonchev–Trinajstić information content (AvgIpc) is 2.62. The van der Waals surface area contributed by atoms with Crippen molar-refractivity contribution in [3.63, 3.8) is 0 Å². The summed E-state index contributed by atoms with van der Waals surface area (Å²) in [7, 11) is 3.98. The van der Waals surface area contributed by atoms with Crippen molar-refractivity contribution in [3.8, 4) is 0 Å². The molecule has 3 rings (SSSR count). The van der Waals surface area contributed by atoms with E-state index >= 15 is 0 Å². The van der Waals surface area contributed by atoms with Crippen LogP contribution in [0, 0.1) is 0 Å². The molecule has 5 heteroatoms. The molecule has 2 aromatic carbocycles.